The average molecular weight is 279 g/mol. The van der Waals surface area contributed by atoms with Gasteiger partial charge in [-0.25, -0.2) is 0 Å². The number of rotatable bonds is 7. The number of hydrogen-bond acceptors (Lipinski definition) is 0. The zero-order valence-electron chi connectivity index (χ0n) is 14.7. The Bertz CT molecular complexity index is 268. The minimum absolute atomic E-state index is 0.974. The molecule has 5 atom stereocenters. The minimum Gasteiger partial charge on any atom is -0.0651 e. The molecule has 0 aliphatic heterocycles. The summed E-state index contributed by atoms with van der Waals surface area (Å²) in [6.07, 6.45) is 11.8. The molecular weight excluding hydrogens is 240 g/mol. The molecule has 0 heteroatoms. The highest BCUT2D eigenvalue weighted by atomic mass is 14.5. The summed E-state index contributed by atoms with van der Waals surface area (Å²) in [5, 5.41) is 0. The van der Waals surface area contributed by atoms with Crippen molar-refractivity contribution < 1.29 is 0 Å². The molecule has 0 spiro atoms. The van der Waals surface area contributed by atoms with Gasteiger partial charge in [-0.05, 0) is 54.3 Å². The van der Waals surface area contributed by atoms with Crippen LogP contribution in [0, 0.1) is 41.4 Å². The Morgan fingerprint density at radius 1 is 0.950 bits per heavy atom. The molecule has 0 aromatic carbocycles. The van der Waals surface area contributed by atoms with Gasteiger partial charge in [-0.1, -0.05) is 73.1 Å². The smallest absolute Gasteiger partial charge is 0.0332 e. The highest BCUT2D eigenvalue weighted by molar-refractivity contribution is 4.91. The van der Waals surface area contributed by atoms with Gasteiger partial charge in [0.2, 0.25) is 0 Å². The van der Waals surface area contributed by atoms with Crippen molar-refractivity contribution in [3.8, 4) is 0 Å². The van der Waals surface area contributed by atoms with E-state index in [4.69, 9.17) is 0 Å². The highest BCUT2D eigenvalue weighted by Crippen LogP contribution is 2.50. The van der Waals surface area contributed by atoms with E-state index in [9.17, 15) is 0 Å². The van der Waals surface area contributed by atoms with Crippen molar-refractivity contribution in [2.75, 3.05) is 0 Å². The first-order valence-corrected chi connectivity index (χ1v) is 9.58. The summed E-state index contributed by atoms with van der Waals surface area (Å²) in [4.78, 5) is 0. The first kappa shape index (κ1) is 16.4. The summed E-state index contributed by atoms with van der Waals surface area (Å²) in [6.45, 7) is 12.5. The Labute approximate surface area is 128 Å². The van der Waals surface area contributed by atoms with Crippen molar-refractivity contribution in [2.24, 2.45) is 41.4 Å². The van der Waals surface area contributed by atoms with Crippen molar-refractivity contribution in [2.45, 2.75) is 86.0 Å². The van der Waals surface area contributed by atoms with Gasteiger partial charge in [0, 0.05) is 0 Å². The van der Waals surface area contributed by atoms with E-state index in [-0.39, 0.29) is 0 Å². The van der Waals surface area contributed by atoms with Crippen LogP contribution in [0.4, 0.5) is 0 Å². The number of hydrogen-bond donors (Lipinski definition) is 0. The fourth-order valence-electron chi connectivity index (χ4n) is 5.87. The van der Waals surface area contributed by atoms with E-state index in [1.54, 1.807) is 0 Å². The van der Waals surface area contributed by atoms with Crippen molar-refractivity contribution in [1.82, 2.24) is 0 Å². The average Bonchev–Trinajstić information content (AvgIpc) is 2.96. The van der Waals surface area contributed by atoms with Crippen LogP contribution in [0.3, 0.4) is 0 Å². The van der Waals surface area contributed by atoms with Crippen LogP contribution in [0.5, 0.6) is 0 Å². The van der Waals surface area contributed by atoms with Crippen molar-refractivity contribution >= 4 is 0 Å². The lowest BCUT2D eigenvalue weighted by atomic mass is 9.56. The molecule has 2 aliphatic carbocycles. The van der Waals surface area contributed by atoms with Crippen LogP contribution < -0.4 is 0 Å². The second-order valence-electron chi connectivity index (χ2n) is 8.27. The third kappa shape index (κ3) is 3.42. The normalized spacial score (nSPS) is 35.5. The Hall–Kier alpha value is 0. The molecule has 0 heterocycles. The maximum Gasteiger partial charge on any atom is -0.0332 e. The third-order valence-corrected chi connectivity index (χ3v) is 7.03. The van der Waals surface area contributed by atoms with Gasteiger partial charge in [0.15, 0.2) is 0 Å². The lowest BCUT2D eigenvalue weighted by Gasteiger charge is -2.49. The second-order valence-corrected chi connectivity index (χ2v) is 8.27. The predicted molar refractivity (Wildman–Crippen MR) is 89.7 cm³/mol. The zero-order valence-corrected chi connectivity index (χ0v) is 14.7. The monoisotopic (exact) mass is 278 g/mol. The molecule has 0 saturated heterocycles. The molecule has 5 unspecified atom stereocenters. The molecule has 0 aromatic rings. The van der Waals surface area contributed by atoms with Crippen molar-refractivity contribution in [3.05, 3.63) is 0 Å². The van der Waals surface area contributed by atoms with E-state index in [0.717, 1.165) is 41.4 Å². The topological polar surface area (TPSA) is 0 Å². The van der Waals surface area contributed by atoms with E-state index in [0.29, 0.717) is 0 Å². The van der Waals surface area contributed by atoms with Gasteiger partial charge in [-0.3, -0.25) is 0 Å². The Morgan fingerprint density at radius 3 is 2.00 bits per heavy atom. The SMILES string of the molecule is CCC(CC(C)C1CCCC1)C(CC)C1C(C)CC1C. The maximum atomic E-state index is 2.55. The largest absolute Gasteiger partial charge is 0.0651 e. The summed E-state index contributed by atoms with van der Waals surface area (Å²) < 4.78 is 0. The first-order valence-electron chi connectivity index (χ1n) is 9.58. The molecule has 0 aromatic heterocycles. The summed E-state index contributed by atoms with van der Waals surface area (Å²) in [5.74, 6) is 7.03. The lowest BCUT2D eigenvalue weighted by Crippen LogP contribution is -2.41. The molecule has 2 rings (SSSR count). The zero-order chi connectivity index (χ0) is 14.7. The van der Waals surface area contributed by atoms with E-state index in [1.807, 2.05) is 0 Å². The van der Waals surface area contributed by atoms with Gasteiger partial charge >= 0.3 is 0 Å². The third-order valence-electron chi connectivity index (χ3n) is 7.03. The molecule has 0 radical (unpaired) electrons. The van der Waals surface area contributed by atoms with Crippen molar-refractivity contribution in [3.63, 3.8) is 0 Å². The van der Waals surface area contributed by atoms with Gasteiger partial charge in [0.05, 0.1) is 0 Å². The Morgan fingerprint density at radius 2 is 1.55 bits per heavy atom. The maximum absolute atomic E-state index is 2.55. The molecule has 0 N–H and O–H groups in total. The van der Waals surface area contributed by atoms with E-state index < -0.39 is 0 Å². The van der Waals surface area contributed by atoms with Gasteiger partial charge < -0.3 is 0 Å². The van der Waals surface area contributed by atoms with E-state index in [2.05, 4.69) is 34.6 Å². The van der Waals surface area contributed by atoms with Crippen LogP contribution in [0.25, 0.3) is 0 Å². The Balaban J connectivity index is 1.94. The van der Waals surface area contributed by atoms with E-state index >= 15 is 0 Å². The molecule has 20 heavy (non-hydrogen) atoms. The predicted octanol–water partition coefficient (Wildman–Crippen LogP) is 6.55. The molecule has 118 valence electrons. The molecule has 0 bridgehead atoms. The van der Waals surface area contributed by atoms with Gasteiger partial charge in [0.25, 0.3) is 0 Å². The standard InChI is InChI=1S/C20H38/c1-6-17(13-14(3)18-10-8-9-11-18)19(7-2)20-15(4)12-16(20)5/h14-20H,6-13H2,1-5H3. The van der Waals surface area contributed by atoms with Crippen LogP contribution in [0.1, 0.15) is 86.0 Å². The highest BCUT2D eigenvalue weighted by Gasteiger charge is 2.42. The molecule has 0 amide bonds. The van der Waals surface area contributed by atoms with Crippen LogP contribution in [-0.2, 0) is 0 Å². The molecule has 2 saturated carbocycles. The summed E-state index contributed by atoms with van der Waals surface area (Å²) in [6, 6.07) is 0. The summed E-state index contributed by atoms with van der Waals surface area (Å²) in [5.41, 5.74) is 0. The van der Waals surface area contributed by atoms with Crippen LogP contribution in [-0.4, -0.2) is 0 Å². The van der Waals surface area contributed by atoms with Gasteiger partial charge in [-0.15, -0.1) is 0 Å². The van der Waals surface area contributed by atoms with Crippen molar-refractivity contribution in [1.29, 1.82) is 0 Å². The minimum atomic E-state index is 0.974. The fourth-order valence-corrected chi connectivity index (χ4v) is 5.87. The molecular formula is C20H38. The molecule has 2 fully saturated rings. The second kappa shape index (κ2) is 7.32. The quantitative estimate of drug-likeness (QED) is 0.495. The lowest BCUT2D eigenvalue weighted by molar-refractivity contribution is 0.00305. The first-order chi connectivity index (χ1) is 9.58. The fraction of sp³-hybridized carbons (Fsp3) is 1.00. The Kier molecular flexibility index (Phi) is 5.99. The summed E-state index contributed by atoms with van der Waals surface area (Å²) in [7, 11) is 0. The van der Waals surface area contributed by atoms with E-state index in [1.165, 1.54) is 51.4 Å². The van der Waals surface area contributed by atoms with Gasteiger partial charge in [0.1, 0.15) is 0 Å². The van der Waals surface area contributed by atoms with Gasteiger partial charge in [-0.2, -0.15) is 0 Å². The van der Waals surface area contributed by atoms with Crippen LogP contribution in [0.2, 0.25) is 0 Å². The van der Waals surface area contributed by atoms with Crippen LogP contribution >= 0.6 is 0 Å². The summed E-state index contributed by atoms with van der Waals surface area (Å²) >= 11 is 0. The molecule has 0 nitrogen and oxygen atoms in total. The molecule has 2 aliphatic rings. The van der Waals surface area contributed by atoms with Crippen LogP contribution in [0.15, 0.2) is 0 Å².